The predicted molar refractivity (Wildman–Crippen MR) is 87.1 cm³/mol. The predicted octanol–water partition coefficient (Wildman–Crippen LogP) is 2.23. The highest BCUT2D eigenvalue weighted by Gasteiger charge is 2.15. The Labute approximate surface area is 139 Å². The summed E-state index contributed by atoms with van der Waals surface area (Å²) in [6, 6.07) is 9.61. The maximum Gasteiger partial charge on any atom is 0.378 e. The molecule has 0 N–H and O–H groups in total. The molecule has 0 fully saturated rings. The molecule has 0 radical (unpaired) electrons. The summed E-state index contributed by atoms with van der Waals surface area (Å²) in [5, 5.41) is 4.10. The van der Waals surface area contributed by atoms with Crippen LogP contribution in [0, 0.1) is 6.92 Å². The lowest BCUT2D eigenvalue weighted by Gasteiger charge is -2.07. The molecule has 3 rings (SSSR count). The molecule has 2 heterocycles. The van der Waals surface area contributed by atoms with Crippen LogP contribution in [0.1, 0.15) is 28.8 Å². The monoisotopic (exact) mass is 326 g/mol. The second-order valence-corrected chi connectivity index (χ2v) is 5.22. The van der Waals surface area contributed by atoms with Gasteiger partial charge in [-0.3, -0.25) is 0 Å². The Kier molecular flexibility index (Phi) is 4.69. The van der Waals surface area contributed by atoms with Crippen molar-refractivity contribution in [1.82, 2.24) is 19.6 Å². The minimum absolute atomic E-state index is 0.00946. The van der Waals surface area contributed by atoms with Crippen LogP contribution in [-0.4, -0.2) is 38.8 Å². The molecule has 0 atom stereocenters. The Morgan fingerprint density at radius 1 is 1.25 bits per heavy atom. The first-order chi connectivity index (χ1) is 11.7. The van der Waals surface area contributed by atoms with E-state index in [1.165, 1.54) is 10.1 Å². The topological polar surface area (TPSA) is 78.6 Å². The number of ether oxygens (including phenoxy) is 2. The number of hydrogen-bond donors (Lipinski definition) is 0. The van der Waals surface area contributed by atoms with Crippen molar-refractivity contribution in [1.29, 1.82) is 0 Å². The van der Waals surface area contributed by atoms with Crippen molar-refractivity contribution in [3.63, 3.8) is 0 Å². The third-order valence-electron chi connectivity index (χ3n) is 3.50. The van der Waals surface area contributed by atoms with Crippen LogP contribution in [0.5, 0.6) is 5.75 Å². The number of esters is 1. The second-order valence-electron chi connectivity index (χ2n) is 5.22. The first-order valence-corrected chi connectivity index (χ1v) is 7.74. The molecule has 2 aromatic heterocycles. The van der Waals surface area contributed by atoms with Crippen molar-refractivity contribution in [2.75, 3.05) is 13.2 Å². The zero-order chi connectivity index (χ0) is 16.9. The Hall–Kier alpha value is -2.96. The van der Waals surface area contributed by atoms with E-state index in [2.05, 4.69) is 22.0 Å². The van der Waals surface area contributed by atoms with E-state index in [4.69, 9.17) is 9.47 Å². The van der Waals surface area contributed by atoms with E-state index in [9.17, 15) is 4.79 Å². The number of aryl methyl sites for hydroxylation is 2. The molecule has 0 saturated carbocycles. The van der Waals surface area contributed by atoms with Crippen LogP contribution in [0.3, 0.4) is 0 Å². The summed E-state index contributed by atoms with van der Waals surface area (Å²) in [5.74, 6) is 0.529. The van der Waals surface area contributed by atoms with E-state index >= 15 is 0 Å². The molecule has 0 aliphatic heterocycles. The van der Waals surface area contributed by atoms with Crippen molar-refractivity contribution >= 4 is 11.7 Å². The Balaban J connectivity index is 1.54. The quantitative estimate of drug-likeness (QED) is 0.510. The highest BCUT2D eigenvalue weighted by Crippen LogP contribution is 2.13. The van der Waals surface area contributed by atoms with E-state index in [1.807, 2.05) is 31.2 Å². The van der Waals surface area contributed by atoms with Crippen LogP contribution in [0.4, 0.5) is 0 Å². The fraction of sp³-hybridized carbons (Fsp3) is 0.294. The van der Waals surface area contributed by atoms with E-state index in [0.717, 1.165) is 17.9 Å². The van der Waals surface area contributed by atoms with Gasteiger partial charge >= 0.3 is 5.97 Å². The van der Waals surface area contributed by atoms with Crippen LogP contribution >= 0.6 is 0 Å². The van der Waals surface area contributed by atoms with Gasteiger partial charge in [0.15, 0.2) is 0 Å². The van der Waals surface area contributed by atoms with Crippen LogP contribution in [0.2, 0.25) is 0 Å². The minimum atomic E-state index is -0.592. The van der Waals surface area contributed by atoms with Crippen LogP contribution < -0.4 is 4.74 Å². The number of rotatable bonds is 6. The second kappa shape index (κ2) is 7.08. The van der Waals surface area contributed by atoms with Gasteiger partial charge in [0, 0.05) is 11.9 Å². The van der Waals surface area contributed by atoms with Crippen molar-refractivity contribution < 1.29 is 14.3 Å². The van der Waals surface area contributed by atoms with Gasteiger partial charge in [-0.1, -0.05) is 19.1 Å². The largest absolute Gasteiger partial charge is 0.490 e. The van der Waals surface area contributed by atoms with Gasteiger partial charge in [-0.2, -0.15) is 4.98 Å². The molecule has 24 heavy (non-hydrogen) atoms. The fourth-order valence-corrected chi connectivity index (χ4v) is 2.21. The third-order valence-corrected chi connectivity index (χ3v) is 3.50. The smallest absolute Gasteiger partial charge is 0.378 e. The van der Waals surface area contributed by atoms with Crippen molar-refractivity contribution in [2.45, 2.75) is 20.3 Å². The van der Waals surface area contributed by atoms with Gasteiger partial charge in [0.25, 0.3) is 11.6 Å². The van der Waals surface area contributed by atoms with Crippen molar-refractivity contribution in [3.05, 3.63) is 53.6 Å². The summed E-state index contributed by atoms with van der Waals surface area (Å²) in [5.41, 5.74) is 2.03. The minimum Gasteiger partial charge on any atom is -0.490 e. The van der Waals surface area contributed by atoms with Gasteiger partial charge in [0.05, 0.1) is 0 Å². The molecule has 3 aromatic rings. The van der Waals surface area contributed by atoms with Crippen LogP contribution in [0.15, 0.2) is 36.5 Å². The average molecular weight is 326 g/mol. The number of carbonyl (C=O) groups is 1. The van der Waals surface area contributed by atoms with E-state index < -0.39 is 5.97 Å². The molecule has 0 amide bonds. The van der Waals surface area contributed by atoms with Gasteiger partial charge in [-0.15, -0.1) is 5.10 Å². The third kappa shape index (κ3) is 3.51. The summed E-state index contributed by atoms with van der Waals surface area (Å²) in [4.78, 5) is 20.1. The molecule has 0 bridgehead atoms. The van der Waals surface area contributed by atoms with Gasteiger partial charge in [0.1, 0.15) is 19.0 Å². The summed E-state index contributed by atoms with van der Waals surface area (Å²) in [6.45, 7) is 4.33. The van der Waals surface area contributed by atoms with Gasteiger partial charge in [-0.25, -0.2) is 14.3 Å². The maximum absolute atomic E-state index is 12.0. The molecule has 124 valence electrons. The average Bonchev–Trinajstić information content (AvgIpc) is 3.04. The molecule has 7 nitrogen and oxygen atoms in total. The van der Waals surface area contributed by atoms with E-state index in [1.54, 1.807) is 12.3 Å². The number of carbonyl (C=O) groups excluding carboxylic acids is 1. The molecule has 7 heteroatoms. The SMILES string of the molecule is CCc1cccc(OCCOC(=O)c2nc3nccc(C)n3n2)c1. The lowest BCUT2D eigenvalue weighted by atomic mass is 10.2. The number of hydrogen-bond acceptors (Lipinski definition) is 6. The zero-order valence-electron chi connectivity index (χ0n) is 13.6. The Bertz CT molecular complexity index is 860. The molecular formula is C17H18N4O3. The lowest BCUT2D eigenvalue weighted by molar-refractivity contribution is 0.0436. The Morgan fingerprint density at radius 3 is 2.92 bits per heavy atom. The lowest BCUT2D eigenvalue weighted by Crippen LogP contribution is -2.13. The summed E-state index contributed by atoms with van der Waals surface area (Å²) < 4.78 is 12.2. The number of fused-ring (bicyclic) bond motifs is 1. The highest BCUT2D eigenvalue weighted by molar-refractivity contribution is 5.85. The van der Waals surface area contributed by atoms with Gasteiger partial charge in [0.2, 0.25) is 0 Å². The Morgan fingerprint density at radius 2 is 2.12 bits per heavy atom. The number of aromatic nitrogens is 4. The molecular weight excluding hydrogens is 308 g/mol. The van der Waals surface area contributed by atoms with Gasteiger partial charge < -0.3 is 9.47 Å². The van der Waals surface area contributed by atoms with Gasteiger partial charge in [-0.05, 0) is 37.1 Å². The summed E-state index contributed by atoms with van der Waals surface area (Å²) >= 11 is 0. The molecule has 1 aromatic carbocycles. The van der Waals surface area contributed by atoms with Crippen molar-refractivity contribution in [2.24, 2.45) is 0 Å². The first kappa shape index (κ1) is 15.9. The molecule has 0 unspecified atom stereocenters. The van der Waals surface area contributed by atoms with Crippen molar-refractivity contribution in [3.8, 4) is 5.75 Å². The molecule has 0 spiro atoms. The van der Waals surface area contributed by atoms with E-state index in [0.29, 0.717) is 5.78 Å². The zero-order valence-corrected chi connectivity index (χ0v) is 13.6. The first-order valence-electron chi connectivity index (χ1n) is 7.74. The summed E-state index contributed by atoms with van der Waals surface area (Å²) in [6.07, 6.45) is 2.56. The standard InChI is InChI=1S/C17H18N4O3/c1-3-13-5-4-6-14(11-13)23-9-10-24-16(22)15-19-17-18-8-7-12(2)21(17)20-15/h4-8,11H,3,9-10H2,1-2H3. The van der Waals surface area contributed by atoms with Crippen LogP contribution in [0.25, 0.3) is 5.78 Å². The molecule has 0 saturated heterocycles. The molecule has 0 aliphatic rings. The summed E-state index contributed by atoms with van der Waals surface area (Å²) in [7, 11) is 0. The van der Waals surface area contributed by atoms with E-state index in [-0.39, 0.29) is 19.0 Å². The highest BCUT2D eigenvalue weighted by atomic mass is 16.6. The fourth-order valence-electron chi connectivity index (χ4n) is 2.21. The maximum atomic E-state index is 12.0. The normalized spacial score (nSPS) is 10.8. The number of nitrogens with zero attached hydrogens (tertiary/aromatic N) is 4. The van der Waals surface area contributed by atoms with Crippen LogP contribution in [-0.2, 0) is 11.2 Å². The molecule has 0 aliphatic carbocycles. The number of benzene rings is 1.